The molecule has 1 aliphatic heterocycles. The van der Waals surface area contributed by atoms with Crippen molar-refractivity contribution in [1.29, 1.82) is 0 Å². The molecule has 1 saturated heterocycles. The van der Waals surface area contributed by atoms with Gasteiger partial charge in [0.2, 0.25) is 5.91 Å². The molecule has 1 aromatic carbocycles. The van der Waals surface area contributed by atoms with E-state index in [4.69, 9.17) is 0 Å². The third-order valence-electron chi connectivity index (χ3n) is 3.75. The Morgan fingerprint density at radius 3 is 2.70 bits per heavy atom. The molecule has 1 aliphatic rings. The third kappa shape index (κ3) is 2.43. The summed E-state index contributed by atoms with van der Waals surface area (Å²) in [6, 6.07) is 7.39. The average molecular weight is 271 g/mol. The van der Waals surface area contributed by atoms with Gasteiger partial charge in [0.05, 0.1) is 17.2 Å². The predicted octanol–water partition coefficient (Wildman–Crippen LogP) is 1.41. The lowest BCUT2D eigenvalue weighted by Gasteiger charge is -2.27. The maximum Gasteiger partial charge on any atom is 0.269 e. The van der Waals surface area contributed by atoms with E-state index in [1.165, 1.54) is 17.2 Å². The number of hydrogen-bond donors (Lipinski definition) is 0. The summed E-state index contributed by atoms with van der Waals surface area (Å²) in [6.07, 6.45) is 4.57. The first-order chi connectivity index (χ1) is 9.75. The molecule has 20 heavy (non-hydrogen) atoms. The number of fused-ring (bicyclic) bond motifs is 1. The number of likely N-dealkylation sites (tertiary alicyclic amines) is 1. The molecule has 0 atom stereocenters. The van der Waals surface area contributed by atoms with Crippen LogP contribution in [0.2, 0.25) is 0 Å². The van der Waals surface area contributed by atoms with Gasteiger partial charge in [-0.25, -0.2) is 4.98 Å². The molecule has 5 nitrogen and oxygen atoms in total. The Morgan fingerprint density at radius 1 is 1.15 bits per heavy atom. The van der Waals surface area contributed by atoms with E-state index < -0.39 is 0 Å². The molecule has 0 bridgehead atoms. The fraction of sp³-hybridized carbons (Fsp3) is 0.400. The van der Waals surface area contributed by atoms with Gasteiger partial charge in [-0.05, 0) is 31.4 Å². The van der Waals surface area contributed by atoms with Crippen LogP contribution in [0, 0.1) is 0 Å². The van der Waals surface area contributed by atoms with Crippen LogP contribution in [0.4, 0.5) is 0 Å². The van der Waals surface area contributed by atoms with Gasteiger partial charge in [-0.1, -0.05) is 12.1 Å². The predicted molar refractivity (Wildman–Crippen MR) is 76.4 cm³/mol. The van der Waals surface area contributed by atoms with Crippen LogP contribution in [0.15, 0.2) is 35.3 Å². The lowest BCUT2D eigenvalue weighted by molar-refractivity contribution is -0.132. The molecule has 0 N–H and O–H groups in total. The number of rotatable bonds is 2. The first-order valence-electron chi connectivity index (χ1n) is 6.98. The molecule has 1 aromatic heterocycles. The number of amides is 1. The Kier molecular flexibility index (Phi) is 3.50. The molecule has 0 spiro atoms. The van der Waals surface area contributed by atoms with Gasteiger partial charge in [0.1, 0.15) is 6.54 Å². The molecule has 5 heteroatoms. The van der Waals surface area contributed by atoms with Gasteiger partial charge in [0, 0.05) is 13.1 Å². The van der Waals surface area contributed by atoms with E-state index in [2.05, 4.69) is 4.98 Å². The smallest absolute Gasteiger partial charge is 0.269 e. The van der Waals surface area contributed by atoms with Gasteiger partial charge in [-0.3, -0.25) is 14.2 Å². The molecular weight excluding hydrogens is 254 g/mol. The van der Waals surface area contributed by atoms with Crippen LogP contribution in [-0.4, -0.2) is 33.4 Å². The average Bonchev–Trinajstić information content (AvgIpc) is 2.51. The van der Waals surface area contributed by atoms with Crippen molar-refractivity contribution < 1.29 is 4.79 Å². The highest BCUT2D eigenvalue weighted by Gasteiger charge is 2.18. The fourth-order valence-corrected chi connectivity index (χ4v) is 2.66. The zero-order valence-electron chi connectivity index (χ0n) is 11.3. The summed E-state index contributed by atoms with van der Waals surface area (Å²) in [6.45, 7) is 1.70. The number of hydrogen-bond acceptors (Lipinski definition) is 3. The lowest BCUT2D eigenvalue weighted by atomic mass is 10.1. The first kappa shape index (κ1) is 12.8. The molecule has 0 aliphatic carbocycles. The zero-order chi connectivity index (χ0) is 13.9. The lowest BCUT2D eigenvalue weighted by Crippen LogP contribution is -2.39. The molecule has 1 fully saturated rings. The molecule has 3 rings (SSSR count). The van der Waals surface area contributed by atoms with Crippen LogP contribution in [-0.2, 0) is 11.3 Å². The second-order valence-corrected chi connectivity index (χ2v) is 5.11. The Bertz CT molecular complexity index is 687. The highest BCUT2D eigenvalue weighted by Crippen LogP contribution is 2.11. The highest BCUT2D eigenvalue weighted by molar-refractivity contribution is 5.80. The van der Waals surface area contributed by atoms with Crippen molar-refractivity contribution in [3.63, 3.8) is 0 Å². The number of carbonyl (C=O) groups is 1. The zero-order valence-corrected chi connectivity index (χ0v) is 11.3. The van der Waals surface area contributed by atoms with E-state index in [1.807, 2.05) is 29.2 Å². The monoisotopic (exact) mass is 271 g/mol. The largest absolute Gasteiger partial charge is 0.341 e. The number of benzene rings is 1. The van der Waals surface area contributed by atoms with Gasteiger partial charge in [-0.2, -0.15) is 0 Å². The van der Waals surface area contributed by atoms with E-state index in [-0.39, 0.29) is 18.0 Å². The molecule has 0 unspecified atom stereocenters. The van der Waals surface area contributed by atoms with Gasteiger partial charge >= 0.3 is 0 Å². The topological polar surface area (TPSA) is 55.2 Å². The minimum Gasteiger partial charge on any atom is -0.341 e. The van der Waals surface area contributed by atoms with Crippen molar-refractivity contribution in [3.05, 3.63) is 40.8 Å². The molecule has 1 amide bonds. The number of para-hydroxylation sites is 2. The molecule has 2 aromatic rings. The van der Waals surface area contributed by atoms with Crippen LogP contribution in [0.5, 0.6) is 0 Å². The van der Waals surface area contributed by atoms with Gasteiger partial charge < -0.3 is 4.90 Å². The Balaban J connectivity index is 1.92. The van der Waals surface area contributed by atoms with Crippen molar-refractivity contribution in [2.75, 3.05) is 13.1 Å². The van der Waals surface area contributed by atoms with E-state index in [0.717, 1.165) is 31.4 Å². The molecule has 0 radical (unpaired) electrons. The van der Waals surface area contributed by atoms with Crippen LogP contribution < -0.4 is 5.56 Å². The minimum absolute atomic E-state index is 0.0168. The SMILES string of the molecule is O=C(Cn1c(=O)cnc2ccccc21)N1CCCCC1. The van der Waals surface area contributed by atoms with Gasteiger partial charge in [-0.15, -0.1) is 0 Å². The quantitative estimate of drug-likeness (QED) is 0.830. The summed E-state index contributed by atoms with van der Waals surface area (Å²) in [4.78, 5) is 30.2. The maximum atomic E-state index is 12.3. The minimum atomic E-state index is -0.228. The molecule has 2 heterocycles. The van der Waals surface area contributed by atoms with Crippen LogP contribution in [0.25, 0.3) is 11.0 Å². The summed E-state index contributed by atoms with van der Waals surface area (Å²) in [5.41, 5.74) is 1.22. The summed E-state index contributed by atoms with van der Waals surface area (Å²) in [5, 5.41) is 0. The van der Waals surface area contributed by atoms with E-state index in [0.29, 0.717) is 5.52 Å². The maximum absolute atomic E-state index is 12.3. The normalized spacial score (nSPS) is 15.5. The molecule has 0 saturated carbocycles. The van der Waals surface area contributed by atoms with Crippen LogP contribution >= 0.6 is 0 Å². The second kappa shape index (κ2) is 5.45. The van der Waals surface area contributed by atoms with Crippen molar-refractivity contribution in [2.24, 2.45) is 0 Å². The van der Waals surface area contributed by atoms with Crippen LogP contribution in [0.3, 0.4) is 0 Å². The van der Waals surface area contributed by atoms with Crippen molar-refractivity contribution >= 4 is 16.9 Å². The number of aromatic nitrogens is 2. The van der Waals surface area contributed by atoms with Crippen molar-refractivity contribution in [3.8, 4) is 0 Å². The fourth-order valence-electron chi connectivity index (χ4n) is 2.66. The first-order valence-corrected chi connectivity index (χ1v) is 6.98. The van der Waals surface area contributed by atoms with Crippen molar-refractivity contribution in [2.45, 2.75) is 25.8 Å². The standard InChI is InChI=1S/C15H17N3O2/c19-14-10-16-12-6-2-3-7-13(12)18(14)11-15(20)17-8-4-1-5-9-17/h2-3,6-7,10H,1,4-5,8-9,11H2. The molecular formula is C15H17N3O2. The third-order valence-corrected chi connectivity index (χ3v) is 3.75. The molecule has 104 valence electrons. The Hall–Kier alpha value is -2.17. The highest BCUT2D eigenvalue weighted by atomic mass is 16.2. The summed E-state index contributed by atoms with van der Waals surface area (Å²) in [5.74, 6) is 0.0168. The summed E-state index contributed by atoms with van der Waals surface area (Å²) >= 11 is 0. The number of piperidine rings is 1. The summed E-state index contributed by atoms with van der Waals surface area (Å²) in [7, 11) is 0. The van der Waals surface area contributed by atoms with E-state index in [9.17, 15) is 9.59 Å². The summed E-state index contributed by atoms with van der Waals surface area (Å²) < 4.78 is 1.51. The number of carbonyl (C=O) groups excluding carboxylic acids is 1. The van der Waals surface area contributed by atoms with Crippen molar-refractivity contribution in [1.82, 2.24) is 14.5 Å². The Labute approximate surface area is 116 Å². The van der Waals surface area contributed by atoms with E-state index >= 15 is 0 Å². The Morgan fingerprint density at radius 2 is 1.90 bits per heavy atom. The second-order valence-electron chi connectivity index (χ2n) is 5.11. The number of nitrogens with zero attached hydrogens (tertiary/aromatic N) is 3. The van der Waals surface area contributed by atoms with E-state index in [1.54, 1.807) is 0 Å². The van der Waals surface area contributed by atoms with Gasteiger partial charge in [0.25, 0.3) is 5.56 Å². The van der Waals surface area contributed by atoms with Gasteiger partial charge in [0.15, 0.2) is 0 Å². The van der Waals surface area contributed by atoms with Crippen LogP contribution in [0.1, 0.15) is 19.3 Å².